The average Bonchev–Trinajstić information content (AvgIpc) is 2.29. The molecule has 0 heterocycles. The molecule has 1 unspecified atom stereocenters. The molecule has 0 aliphatic rings. The summed E-state index contributed by atoms with van der Waals surface area (Å²) in [7, 11) is 1.38. The van der Waals surface area contributed by atoms with E-state index in [1.165, 1.54) is 20.1 Å². The van der Waals surface area contributed by atoms with E-state index in [2.05, 4.69) is 10.1 Å². The summed E-state index contributed by atoms with van der Waals surface area (Å²) < 4.78 is 31.5. The molecule has 1 amide bonds. The molecular weight excluding hydrogens is 230 g/mol. The maximum atomic E-state index is 13.5. The summed E-state index contributed by atoms with van der Waals surface area (Å²) >= 11 is 0. The predicted octanol–water partition coefficient (Wildman–Crippen LogP) is 1.19. The van der Waals surface area contributed by atoms with Crippen LogP contribution >= 0.6 is 0 Å². The van der Waals surface area contributed by atoms with Gasteiger partial charge in [-0.3, -0.25) is 4.79 Å². The molecule has 0 radical (unpaired) electrons. The number of ether oxygens (including phenoxy) is 1. The number of hydrogen-bond donors (Lipinski definition) is 2. The summed E-state index contributed by atoms with van der Waals surface area (Å²) in [6.45, 7) is 1.44. The van der Waals surface area contributed by atoms with Gasteiger partial charge >= 0.3 is 0 Å². The van der Waals surface area contributed by atoms with Crippen molar-refractivity contribution in [1.82, 2.24) is 0 Å². The minimum absolute atomic E-state index is 0.0269. The van der Waals surface area contributed by atoms with Gasteiger partial charge in [-0.15, -0.1) is 0 Å². The molecule has 0 aliphatic carbocycles. The smallest absolute Gasteiger partial charge is 0.243 e. The normalized spacial score (nSPS) is 12.3. The van der Waals surface area contributed by atoms with E-state index in [0.717, 1.165) is 6.07 Å². The summed E-state index contributed by atoms with van der Waals surface area (Å²) in [6.07, 6.45) is 0. The van der Waals surface area contributed by atoms with Crippen molar-refractivity contribution in [3.63, 3.8) is 0 Å². The van der Waals surface area contributed by atoms with Crippen LogP contribution in [0.5, 0.6) is 0 Å². The molecule has 94 valence electrons. The Hall–Kier alpha value is -1.53. The summed E-state index contributed by atoms with van der Waals surface area (Å²) in [5, 5.41) is 2.11. The van der Waals surface area contributed by atoms with Gasteiger partial charge in [0.1, 0.15) is 17.5 Å². The van der Waals surface area contributed by atoms with E-state index >= 15 is 0 Å². The lowest BCUT2D eigenvalue weighted by Gasteiger charge is -2.13. The van der Waals surface area contributed by atoms with Crippen LogP contribution < -0.4 is 11.1 Å². The average molecular weight is 244 g/mol. The minimum Gasteiger partial charge on any atom is -0.383 e. The number of hydrogen-bond acceptors (Lipinski definition) is 3. The second kappa shape index (κ2) is 5.70. The maximum Gasteiger partial charge on any atom is 0.243 e. The van der Waals surface area contributed by atoms with E-state index in [9.17, 15) is 13.6 Å². The molecule has 3 N–H and O–H groups in total. The van der Waals surface area contributed by atoms with Gasteiger partial charge in [0.25, 0.3) is 0 Å². The van der Waals surface area contributed by atoms with Gasteiger partial charge in [-0.1, -0.05) is 6.07 Å². The van der Waals surface area contributed by atoms with Crippen LogP contribution in [0, 0.1) is 18.6 Å². The third-order valence-corrected chi connectivity index (χ3v) is 2.22. The van der Waals surface area contributed by atoms with Crippen molar-refractivity contribution in [1.29, 1.82) is 0 Å². The largest absolute Gasteiger partial charge is 0.383 e. The summed E-state index contributed by atoms with van der Waals surface area (Å²) in [4.78, 5) is 11.5. The third kappa shape index (κ3) is 3.21. The zero-order valence-corrected chi connectivity index (χ0v) is 9.59. The number of carbonyl (C=O) groups excluding carboxylic acids is 1. The second-order valence-electron chi connectivity index (χ2n) is 3.60. The van der Waals surface area contributed by atoms with E-state index in [-0.39, 0.29) is 12.2 Å². The Morgan fingerprint density at radius 3 is 2.76 bits per heavy atom. The number of aryl methyl sites for hydroxylation is 1. The quantitative estimate of drug-likeness (QED) is 0.836. The van der Waals surface area contributed by atoms with Crippen molar-refractivity contribution in [3.05, 3.63) is 29.3 Å². The van der Waals surface area contributed by atoms with Crippen LogP contribution in [0.2, 0.25) is 0 Å². The van der Waals surface area contributed by atoms with E-state index < -0.39 is 29.3 Å². The monoisotopic (exact) mass is 244 g/mol. The van der Waals surface area contributed by atoms with Crippen LogP contribution in [-0.4, -0.2) is 25.7 Å². The van der Waals surface area contributed by atoms with Crippen LogP contribution in [0.25, 0.3) is 0 Å². The Bertz CT molecular complexity index is 424. The predicted molar refractivity (Wildman–Crippen MR) is 59.6 cm³/mol. The Kier molecular flexibility index (Phi) is 4.53. The highest BCUT2D eigenvalue weighted by atomic mass is 19.1. The van der Waals surface area contributed by atoms with Gasteiger partial charge in [0.05, 0.1) is 6.61 Å². The Labute approximate surface area is 97.8 Å². The molecule has 0 fully saturated rings. The molecule has 0 saturated carbocycles. The summed E-state index contributed by atoms with van der Waals surface area (Å²) in [6, 6.07) is 1.39. The topological polar surface area (TPSA) is 64.3 Å². The first-order valence-corrected chi connectivity index (χ1v) is 4.97. The lowest BCUT2D eigenvalue weighted by Crippen LogP contribution is -2.39. The van der Waals surface area contributed by atoms with Gasteiger partial charge in [-0.05, 0) is 18.6 Å². The number of halogens is 2. The Balaban J connectivity index is 2.88. The van der Waals surface area contributed by atoms with Gasteiger partial charge in [0.2, 0.25) is 5.91 Å². The van der Waals surface area contributed by atoms with Gasteiger partial charge in [0.15, 0.2) is 5.82 Å². The molecule has 1 aromatic rings. The first-order valence-electron chi connectivity index (χ1n) is 4.97. The molecule has 0 aromatic heterocycles. The number of carbonyl (C=O) groups is 1. The number of benzene rings is 1. The number of amides is 1. The van der Waals surface area contributed by atoms with E-state index in [1.54, 1.807) is 0 Å². The van der Waals surface area contributed by atoms with Gasteiger partial charge < -0.3 is 15.8 Å². The highest BCUT2D eigenvalue weighted by Crippen LogP contribution is 2.21. The molecule has 0 spiro atoms. The van der Waals surface area contributed by atoms with Crippen molar-refractivity contribution in [3.8, 4) is 0 Å². The van der Waals surface area contributed by atoms with Crippen molar-refractivity contribution in [2.24, 2.45) is 5.73 Å². The fourth-order valence-corrected chi connectivity index (χ4v) is 1.24. The molecule has 0 aliphatic heterocycles. The fourth-order valence-electron chi connectivity index (χ4n) is 1.24. The second-order valence-corrected chi connectivity index (χ2v) is 3.60. The Morgan fingerprint density at radius 1 is 1.53 bits per heavy atom. The first-order chi connectivity index (χ1) is 7.97. The minimum atomic E-state index is -0.973. The highest BCUT2D eigenvalue weighted by Gasteiger charge is 2.18. The standard InChI is InChI=1S/C11H14F2N2O2/c1-6-3-4-7(12)10(9(6)13)15-11(16)8(14)5-17-2/h3-4,8H,5,14H2,1-2H3,(H,15,16). The SMILES string of the molecule is COCC(N)C(=O)Nc1c(F)ccc(C)c1F. The molecule has 17 heavy (non-hydrogen) atoms. The zero-order valence-electron chi connectivity index (χ0n) is 9.59. The zero-order chi connectivity index (χ0) is 13.0. The molecule has 0 bridgehead atoms. The van der Waals surface area contributed by atoms with Crippen LogP contribution in [0.1, 0.15) is 5.56 Å². The number of anilines is 1. The van der Waals surface area contributed by atoms with Crippen molar-refractivity contribution < 1.29 is 18.3 Å². The van der Waals surface area contributed by atoms with Crippen LogP contribution in [-0.2, 0) is 9.53 Å². The molecule has 1 atom stereocenters. The van der Waals surface area contributed by atoms with Gasteiger partial charge in [-0.2, -0.15) is 0 Å². The lowest BCUT2D eigenvalue weighted by molar-refractivity contribution is -0.118. The van der Waals surface area contributed by atoms with Gasteiger partial charge in [0, 0.05) is 7.11 Å². The van der Waals surface area contributed by atoms with E-state index in [1.807, 2.05) is 0 Å². The van der Waals surface area contributed by atoms with Crippen molar-refractivity contribution in [2.45, 2.75) is 13.0 Å². The fraction of sp³-hybridized carbons (Fsp3) is 0.364. The summed E-state index contributed by atoms with van der Waals surface area (Å²) in [5.74, 6) is -2.34. The first kappa shape index (κ1) is 13.5. The maximum absolute atomic E-state index is 13.5. The van der Waals surface area contributed by atoms with Crippen LogP contribution in [0.4, 0.5) is 14.5 Å². The highest BCUT2D eigenvalue weighted by molar-refractivity contribution is 5.95. The van der Waals surface area contributed by atoms with Crippen molar-refractivity contribution in [2.75, 3.05) is 19.0 Å². The molecule has 6 heteroatoms. The molecule has 0 saturated heterocycles. The third-order valence-electron chi connectivity index (χ3n) is 2.22. The molecule has 1 aromatic carbocycles. The number of nitrogens with two attached hydrogens (primary N) is 1. The lowest BCUT2D eigenvalue weighted by atomic mass is 10.2. The van der Waals surface area contributed by atoms with Crippen LogP contribution in [0.3, 0.4) is 0 Å². The number of methoxy groups -OCH3 is 1. The summed E-state index contributed by atoms with van der Waals surface area (Å²) in [5.41, 5.74) is 5.19. The number of rotatable bonds is 4. The van der Waals surface area contributed by atoms with Gasteiger partial charge in [-0.25, -0.2) is 8.78 Å². The Morgan fingerprint density at radius 2 is 2.18 bits per heavy atom. The van der Waals surface area contributed by atoms with Crippen LogP contribution in [0.15, 0.2) is 12.1 Å². The molecular formula is C11H14F2N2O2. The van der Waals surface area contributed by atoms with E-state index in [4.69, 9.17) is 5.73 Å². The number of nitrogens with one attached hydrogen (secondary N) is 1. The molecule has 4 nitrogen and oxygen atoms in total. The van der Waals surface area contributed by atoms with Crippen molar-refractivity contribution >= 4 is 11.6 Å². The molecule has 1 rings (SSSR count). The van der Waals surface area contributed by atoms with E-state index in [0.29, 0.717) is 0 Å².